The molecule has 1 aromatic rings. The molecule has 1 amide bonds. The van der Waals surface area contributed by atoms with E-state index in [9.17, 15) is 9.18 Å². The summed E-state index contributed by atoms with van der Waals surface area (Å²) in [6.45, 7) is 0.550. The summed E-state index contributed by atoms with van der Waals surface area (Å²) in [5.41, 5.74) is 5.75. The molecular weight excluding hydrogens is 267 g/mol. The van der Waals surface area contributed by atoms with E-state index in [0.29, 0.717) is 6.54 Å². The van der Waals surface area contributed by atoms with Crippen molar-refractivity contribution in [2.75, 3.05) is 6.54 Å². The Labute approximate surface area is 117 Å². The highest BCUT2D eigenvalue weighted by Gasteiger charge is 2.26. The van der Waals surface area contributed by atoms with Crippen molar-refractivity contribution in [2.24, 2.45) is 11.7 Å². The third-order valence-corrected chi connectivity index (χ3v) is 3.94. The number of hydrogen-bond donors (Lipinski definition) is 2. The van der Waals surface area contributed by atoms with Gasteiger partial charge in [0.15, 0.2) is 0 Å². The second-order valence-electron chi connectivity index (χ2n) is 4.98. The van der Waals surface area contributed by atoms with Crippen molar-refractivity contribution in [3.63, 3.8) is 0 Å². The van der Waals surface area contributed by atoms with Gasteiger partial charge in [-0.05, 0) is 43.5 Å². The molecule has 5 heteroatoms. The van der Waals surface area contributed by atoms with Crippen molar-refractivity contribution in [3.8, 4) is 0 Å². The van der Waals surface area contributed by atoms with E-state index in [2.05, 4.69) is 5.32 Å². The normalized spacial score (nSPS) is 23.1. The Hall–Kier alpha value is -1.13. The Morgan fingerprint density at radius 1 is 1.42 bits per heavy atom. The minimum Gasteiger partial charge on any atom is -0.349 e. The Bertz CT molecular complexity index is 467. The fourth-order valence-electron chi connectivity index (χ4n) is 2.60. The number of halogens is 2. The van der Waals surface area contributed by atoms with E-state index in [4.69, 9.17) is 17.3 Å². The number of nitrogens with two attached hydrogens (primary N) is 1. The molecule has 0 spiro atoms. The molecule has 104 valence electrons. The fraction of sp³-hybridized carbons (Fsp3) is 0.500. The lowest BCUT2D eigenvalue weighted by Crippen LogP contribution is -2.44. The summed E-state index contributed by atoms with van der Waals surface area (Å²) < 4.78 is 13.7. The lowest BCUT2D eigenvalue weighted by Gasteiger charge is -2.31. The first-order valence-electron chi connectivity index (χ1n) is 6.58. The molecule has 0 radical (unpaired) electrons. The summed E-state index contributed by atoms with van der Waals surface area (Å²) in [7, 11) is 0. The van der Waals surface area contributed by atoms with Crippen molar-refractivity contribution >= 4 is 17.5 Å². The first-order chi connectivity index (χ1) is 9.11. The van der Waals surface area contributed by atoms with Crippen LogP contribution >= 0.6 is 11.6 Å². The van der Waals surface area contributed by atoms with Crippen LogP contribution in [0.5, 0.6) is 0 Å². The van der Waals surface area contributed by atoms with E-state index in [1.165, 1.54) is 12.1 Å². The maximum atomic E-state index is 13.7. The van der Waals surface area contributed by atoms with Crippen molar-refractivity contribution in [1.82, 2.24) is 5.32 Å². The first kappa shape index (κ1) is 14.3. The van der Waals surface area contributed by atoms with Crippen LogP contribution in [0, 0.1) is 11.7 Å². The Morgan fingerprint density at radius 3 is 2.84 bits per heavy atom. The molecule has 0 bridgehead atoms. The van der Waals surface area contributed by atoms with Crippen LogP contribution < -0.4 is 11.1 Å². The van der Waals surface area contributed by atoms with Gasteiger partial charge in [0, 0.05) is 11.1 Å². The van der Waals surface area contributed by atoms with E-state index in [1.807, 2.05) is 0 Å². The molecule has 1 saturated carbocycles. The largest absolute Gasteiger partial charge is 0.349 e. The zero-order valence-corrected chi connectivity index (χ0v) is 11.4. The molecule has 0 aliphatic heterocycles. The van der Waals surface area contributed by atoms with E-state index in [1.54, 1.807) is 0 Å². The van der Waals surface area contributed by atoms with Crippen LogP contribution in [-0.2, 0) is 0 Å². The quantitative estimate of drug-likeness (QED) is 0.897. The average molecular weight is 285 g/mol. The molecule has 19 heavy (non-hydrogen) atoms. The molecule has 1 fully saturated rings. The fourth-order valence-corrected chi connectivity index (χ4v) is 2.76. The number of carbonyl (C=O) groups excluding carboxylic acids is 1. The first-order valence-corrected chi connectivity index (χ1v) is 6.95. The van der Waals surface area contributed by atoms with Crippen molar-refractivity contribution in [1.29, 1.82) is 0 Å². The maximum Gasteiger partial charge on any atom is 0.254 e. The third-order valence-electron chi connectivity index (χ3n) is 3.70. The van der Waals surface area contributed by atoms with Crippen molar-refractivity contribution in [2.45, 2.75) is 31.7 Å². The number of amides is 1. The lowest BCUT2D eigenvalue weighted by molar-refractivity contribution is 0.0904. The predicted octanol–water partition coefficient (Wildman–Crippen LogP) is 2.73. The summed E-state index contributed by atoms with van der Waals surface area (Å²) in [6.07, 6.45) is 4.14. The molecule has 3 nitrogen and oxygen atoms in total. The summed E-state index contributed by atoms with van der Waals surface area (Å²) in [5, 5.41) is 3.18. The van der Waals surface area contributed by atoms with Crippen LogP contribution in [0.3, 0.4) is 0 Å². The van der Waals surface area contributed by atoms with Crippen LogP contribution in [-0.4, -0.2) is 18.5 Å². The van der Waals surface area contributed by atoms with Gasteiger partial charge in [0.1, 0.15) is 5.82 Å². The Balaban J connectivity index is 2.07. The highest BCUT2D eigenvalue weighted by molar-refractivity contribution is 6.30. The summed E-state index contributed by atoms with van der Waals surface area (Å²) in [6, 6.07) is 4.12. The monoisotopic (exact) mass is 284 g/mol. The van der Waals surface area contributed by atoms with Crippen LogP contribution in [0.2, 0.25) is 5.02 Å². The van der Waals surface area contributed by atoms with Gasteiger partial charge < -0.3 is 11.1 Å². The van der Waals surface area contributed by atoms with Crippen molar-refractivity contribution in [3.05, 3.63) is 34.6 Å². The van der Waals surface area contributed by atoms with E-state index in [-0.39, 0.29) is 28.5 Å². The number of benzene rings is 1. The molecule has 1 aliphatic carbocycles. The molecule has 3 N–H and O–H groups in total. The predicted molar refractivity (Wildman–Crippen MR) is 73.7 cm³/mol. The third kappa shape index (κ3) is 3.45. The van der Waals surface area contributed by atoms with Gasteiger partial charge in [0.05, 0.1) is 5.56 Å². The van der Waals surface area contributed by atoms with Gasteiger partial charge in [-0.25, -0.2) is 4.39 Å². The van der Waals surface area contributed by atoms with Gasteiger partial charge in [-0.3, -0.25) is 4.79 Å². The second-order valence-corrected chi connectivity index (χ2v) is 5.42. The standard InChI is InChI=1S/C14H18ClFN2O/c15-10-5-6-11(12(16)7-10)14(19)18-13-4-2-1-3-9(13)8-17/h5-7,9,13H,1-4,8,17H2,(H,18,19). The minimum absolute atomic E-state index is 0.0331. The zero-order valence-electron chi connectivity index (χ0n) is 10.7. The van der Waals surface area contributed by atoms with Crippen molar-refractivity contribution < 1.29 is 9.18 Å². The number of carbonyl (C=O) groups is 1. The Kier molecular flexibility index (Phi) is 4.77. The molecule has 0 aromatic heterocycles. The molecule has 1 aliphatic rings. The highest BCUT2D eigenvalue weighted by Crippen LogP contribution is 2.24. The minimum atomic E-state index is -0.592. The topological polar surface area (TPSA) is 55.1 Å². The molecule has 0 heterocycles. The van der Waals surface area contributed by atoms with Crippen LogP contribution in [0.25, 0.3) is 0 Å². The molecule has 2 rings (SSSR count). The number of hydrogen-bond acceptors (Lipinski definition) is 2. The molecule has 0 saturated heterocycles. The highest BCUT2D eigenvalue weighted by atomic mass is 35.5. The molecule has 2 unspecified atom stereocenters. The lowest BCUT2D eigenvalue weighted by atomic mass is 9.84. The Morgan fingerprint density at radius 2 is 2.16 bits per heavy atom. The van der Waals surface area contributed by atoms with Crippen LogP contribution in [0.1, 0.15) is 36.0 Å². The summed E-state index contributed by atoms with van der Waals surface area (Å²) in [4.78, 5) is 12.1. The zero-order chi connectivity index (χ0) is 13.8. The van der Waals surface area contributed by atoms with E-state index >= 15 is 0 Å². The van der Waals surface area contributed by atoms with Gasteiger partial charge in [-0.1, -0.05) is 24.4 Å². The SMILES string of the molecule is NCC1CCCCC1NC(=O)c1ccc(Cl)cc1F. The molecule has 2 atom stereocenters. The van der Waals surface area contributed by atoms with Gasteiger partial charge in [0.25, 0.3) is 5.91 Å². The summed E-state index contributed by atoms with van der Waals surface area (Å²) >= 11 is 5.67. The second kappa shape index (κ2) is 6.35. The molecule has 1 aromatic carbocycles. The smallest absolute Gasteiger partial charge is 0.254 e. The maximum absolute atomic E-state index is 13.7. The van der Waals surface area contributed by atoms with Gasteiger partial charge in [-0.15, -0.1) is 0 Å². The van der Waals surface area contributed by atoms with E-state index < -0.39 is 5.82 Å². The van der Waals surface area contributed by atoms with Gasteiger partial charge in [-0.2, -0.15) is 0 Å². The number of rotatable bonds is 3. The van der Waals surface area contributed by atoms with Crippen LogP contribution in [0.4, 0.5) is 4.39 Å². The van der Waals surface area contributed by atoms with Crippen LogP contribution in [0.15, 0.2) is 18.2 Å². The van der Waals surface area contributed by atoms with Gasteiger partial charge >= 0.3 is 0 Å². The van der Waals surface area contributed by atoms with Gasteiger partial charge in [0.2, 0.25) is 0 Å². The summed E-state index contributed by atoms with van der Waals surface area (Å²) in [5.74, 6) is -0.697. The van der Waals surface area contributed by atoms with E-state index in [0.717, 1.165) is 31.7 Å². The average Bonchev–Trinajstić information content (AvgIpc) is 2.39. The number of nitrogens with one attached hydrogen (secondary N) is 1. The molecular formula is C14H18ClFN2O.